The van der Waals surface area contributed by atoms with Gasteiger partial charge >= 0.3 is 0 Å². The minimum absolute atomic E-state index is 0.160. The van der Waals surface area contributed by atoms with Crippen molar-refractivity contribution in [3.8, 4) is 0 Å². The first-order chi connectivity index (χ1) is 2.89. The predicted octanol–water partition coefficient (Wildman–Crippen LogP) is 1.41. The van der Waals surface area contributed by atoms with Crippen molar-refractivity contribution in [2.24, 2.45) is 0 Å². The summed E-state index contributed by atoms with van der Waals surface area (Å²) in [5.41, 5.74) is 0. The van der Waals surface area contributed by atoms with Crippen LogP contribution in [0.3, 0.4) is 0 Å². The highest BCUT2D eigenvalue weighted by molar-refractivity contribution is 6.59. The van der Waals surface area contributed by atoms with E-state index in [1.165, 1.54) is 12.1 Å². The van der Waals surface area contributed by atoms with Gasteiger partial charge < -0.3 is 0 Å². The zero-order valence-electron chi connectivity index (χ0n) is 4.15. The summed E-state index contributed by atoms with van der Waals surface area (Å²) in [5.74, 6) is 0. The van der Waals surface area contributed by atoms with E-state index in [2.05, 4.69) is 18.7 Å². The van der Waals surface area contributed by atoms with Crippen LogP contribution in [0.25, 0.3) is 0 Å². The standard InChI is InChI=1S/C5H10Si/c1-6-4-2-3-5-6/h2-3,6H,4-5H2,1H3. The molecule has 0 bridgehead atoms. The van der Waals surface area contributed by atoms with Crippen LogP contribution in [0.15, 0.2) is 12.2 Å². The molecule has 0 saturated heterocycles. The van der Waals surface area contributed by atoms with Crippen molar-refractivity contribution in [2.75, 3.05) is 0 Å². The number of hydrogen-bond acceptors (Lipinski definition) is 0. The van der Waals surface area contributed by atoms with Crippen LogP contribution in [0.1, 0.15) is 0 Å². The minimum atomic E-state index is -0.160. The van der Waals surface area contributed by atoms with Crippen molar-refractivity contribution in [1.82, 2.24) is 0 Å². The van der Waals surface area contributed by atoms with Crippen LogP contribution >= 0.6 is 0 Å². The molecule has 0 aromatic carbocycles. The Morgan fingerprint density at radius 3 is 2.00 bits per heavy atom. The van der Waals surface area contributed by atoms with E-state index >= 15 is 0 Å². The zero-order valence-corrected chi connectivity index (χ0v) is 5.30. The third-order valence-electron chi connectivity index (χ3n) is 1.24. The van der Waals surface area contributed by atoms with Crippen molar-refractivity contribution < 1.29 is 0 Å². The van der Waals surface area contributed by atoms with Gasteiger partial charge in [0.15, 0.2) is 0 Å². The maximum Gasteiger partial charge on any atom is 0.0412 e. The molecule has 0 amide bonds. The molecule has 0 saturated carbocycles. The average molecular weight is 98.2 g/mol. The third-order valence-corrected chi connectivity index (χ3v) is 3.40. The molecule has 1 aliphatic rings. The van der Waals surface area contributed by atoms with Gasteiger partial charge in [-0.05, 0) is 12.1 Å². The molecule has 0 unspecified atom stereocenters. The van der Waals surface area contributed by atoms with Crippen molar-refractivity contribution in [3.63, 3.8) is 0 Å². The molecule has 0 nitrogen and oxygen atoms in total. The van der Waals surface area contributed by atoms with Gasteiger partial charge in [0.2, 0.25) is 0 Å². The second-order valence-corrected chi connectivity index (χ2v) is 5.20. The summed E-state index contributed by atoms with van der Waals surface area (Å²) in [6.07, 6.45) is 4.63. The third kappa shape index (κ3) is 0.715. The second kappa shape index (κ2) is 1.60. The fraction of sp³-hybridized carbons (Fsp3) is 0.600. The minimum Gasteiger partial charge on any atom is -0.0917 e. The van der Waals surface area contributed by atoms with Crippen LogP contribution in [0.4, 0.5) is 0 Å². The molecule has 1 heterocycles. The monoisotopic (exact) mass is 98.1 g/mol. The molecular weight excluding hydrogens is 88.1 g/mol. The Balaban J connectivity index is 2.32. The quantitative estimate of drug-likeness (QED) is 0.317. The Kier molecular flexibility index (Phi) is 1.10. The molecule has 0 N–H and O–H groups in total. The van der Waals surface area contributed by atoms with E-state index in [1.54, 1.807) is 0 Å². The highest BCUT2D eigenvalue weighted by Gasteiger charge is 2.02. The number of rotatable bonds is 0. The Morgan fingerprint density at radius 1 is 1.33 bits per heavy atom. The van der Waals surface area contributed by atoms with Gasteiger partial charge in [0, 0.05) is 8.80 Å². The lowest BCUT2D eigenvalue weighted by Crippen LogP contribution is -1.95. The highest BCUT2D eigenvalue weighted by atomic mass is 28.3. The van der Waals surface area contributed by atoms with Crippen molar-refractivity contribution in [2.45, 2.75) is 18.6 Å². The van der Waals surface area contributed by atoms with Crippen LogP contribution < -0.4 is 0 Å². The molecule has 0 aliphatic carbocycles. The fourth-order valence-electron chi connectivity index (χ4n) is 0.753. The smallest absolute Gasteiger partial charge is 0.0412 e. The molecule has 1 aliphatic heterocycles. The van der Waals surface area contributed by atoms with Gasteiger partial charge in [-0.3, -0.25) is 0 Å². The van der Waals surface area contributed by atoms with Crippen LogP contribution in [0.5, 0.6) is 0 Å². The molecule has 1 heteroatoms. The van der Waals surface area contributed by atoms with Gasteiger partial charge in [0.1, 0.15) is 0 Å². The van der Waals surface area contributed by atoms with Gasteiger partial charge in [0.05, 0.1) is 0 Å². The van der Waals surface area contributed by atoms with E-state index in [9.17, 15) is 0 Å². The molecule has 1 rings (SSSR count). The SMILES string of the molecule is C[SiH]1CC=CC1. The summed E-state index contributed by atoms with van der Waals surface area (Å²) in [5, 5.41) is 0. The molecule has 0 fully saturated rings. The Morgan fingerprint density at radius 2 is 1.83 bits per heavy atom. The summed E-state index contributed by atoms with van der Waals surface area (Å²) in [6, 6.07) is 2.89. The Labute approximate surface area is 40.5 Å². The summed E-state index contributed by atoms with van der Waals surface area (Å²) in [6.45, 7) is 2.42. The summed E-state index contributed by atoms with van der Waals surface area (Å²) in [4.78, 5) is 0. The first kappa shape index (κ1) is 4.12. The maximum atomic E-state index is 2.42. The van der Waals surface area contributed by atoms with Crippen molar-refractivity contribution in [1.29, 1.82) is 0 Å². The van der Waals surface area contributed by atoms with Crippen LogP contribution in [0, 0.1) is 0 Å². The lowest BCUT2D eigenvalue weighted by atomic mass is 10.6. The lowest BCUT2D eigenvalue weighted by Gasteiger charge is -1.89. The van der Waals surface area contributed by atoms with Gasteiger partial charge in [-0.15, -0.1) is 0 Å². The van der Waals surface area contributed by atoms with E-state index in [0.29, 0.717) is 0 Å². The van der Waals surface area contributed by atoms with E-state index < -0.39 is 0 Å². The van der Waals surface area contributed by atoms with Crippen molar-refractivity contribution in [3.05, 3.63) is 12.2 Å². The normalized spacial score (nSPS) is 22.8. The van der Waals surface area contributed by atoms with Gasteiger partial charge in [0.25, 0.3) is 0 Å². The summed E-state index contributed by atoms with van der Waals surface area (Å²) >= 11 is 0. The average Bonchev–Trinajstić information content (AvgIpc) is 1.86. The predicted molar refractivity (Wildman–Crippen MR) is 31.8 cm³/mol. The first-order valence-electron chi connectivity index (χ1n) is 2.54. The summed E-state index contributed by atoms with van der Waals surface area (Å²) < 4.78 is 0. The molecule has 34 valence electrons. The first-order valence-corrected chi connectivity index (χ1v) is 5.33. The molecule has 0 atom stereocenters. The van der Waals surface area contributed by atoms with E-state index in [1.807, 2.05) is 0 Å². The van der Waals surface area contributed by atoms with Crippen LogP contribution in [-0.4, -0.2) is 8.80 Å². The molecular formula is C5H10Si. The van der Waals surface area contributed by atoms with Gasteiger partial charge in [-0.1, -0.05) is 18.7 Å². The lowest BCUT2D eigenvalue weighted by molar-refractivity contribution is 1.66. The highest BCUT2D eigenvalue weighted by Crippen LogP contribution is 2.08. The molecule has 6 heavy (non-hydrogen) atoms. The zero-order chi connectivity index (χ0) is 4.41. The molecule has 0 radical (unpaired) electrons. The Bertz CT molecular complexity index is 58.3. The second-order valence-electron chi connectivity index (χ2n) is 2.05. The Hall–Kier alpha value is -0.0431. The largest absolute Gasteiger partial charge is 0.0917 e. The van der Waals surface area contributed by atoms with E-state index in [-0.39, 0.29) is 8.80 Å². The van der Waals surface area contributed by atoms with Crippen LogP contribution in [-0.2, 0) is 0 Å². The van der Waals surface area contributed by atoms with Crippen molar-refractivity contribution >= 4 is 8.80 Å². The maximum absolute atomic E-state index is 2.42. The number of hydrogen-bond donors (Lipinski definition) is 0. The van der Waals surface area contributed by atoms with Crippen LogP contribution in [0.2, 0.25) is 18.6 Å². The van der Waals surface area contributed by atoms with Gasteiger partial charge in [-0.25, -0.2) is 0 Å². The fourth-order valence-corrected chi connectivity index (χ4v) is 2.26. The summed E-state index contributed by atoms with van der Waals surface area (Å²) in [7, 11) is -0.160. The van der Waals surface area contributed by atoms with E-state index in [0.717, 1.165) is 0 Å². The molecule has 0 spiro atoms. The molecule has 0 aromatic heterocycles. The number of allylic oxidation sites excluding steroid dienone is 2. The van der Waals surface area contributed by atoms with Gasteiger partial charge in [-0.2, -0.15) is 0 Å². The topological polar surface area (TPSA) is 0 Å². The molecule has 0 aromatic rings. The van der Waals surface area contributed by atoms with E-state index in [4.69, 9.17) is 0 Å².